The summed E-state index contributed by atoms with van der Waals surface area (Å²) in [5.41, 5.74) is 7.41. The number of anilines is 1. The number of benzene rings is 3. The van der Waals surface area contributed by atoms with Crippen LogP contribution < -0.4 is 20.1 Å². The molecule has 1 aliphatic heterocycles. The van der Waals surface area contributed by atoms with Crippen molar-refractivity contribution in [1.29, 1.82) is 5.41 Å². The minimum atomic E-state index is -1.06. The van der Waals surface area contributed by atoms with Gasteiger partial charge in [-0.15, -0.1) is 0 Å². The Labute approximate surface area is 271 Å². The van der Waals surface area contributed by atoms with E-state index in [1.165, 1.54) is 23.8 Å². The molecule has 1 saturated heterocycles. The fraction of sp³-hybridized carbons (Fsp3) is 0.229. The number of ether oxygens (including phenoxy) is 2. The van der Waals surface area contributed by atoms with E-state index in [2.05, 4.69) is 27.0 Å². The third-order valence-electron chi connectivity index (χ3n) is 8.31. The van der Waals surface area contributed by atoms with Crippen molar-refractivity contribution in [3.63, 3.8) is 0 Å². The molecule has 47 heavy (non-hydrogen) atoms. The van der Waals surface area contributed by atoms with Crippen molar-refractivity contribution in [1.82, 2.24) is 19.4 Å². The summed E-state index contributed by atoms with van der Waals surface area (Å²) in [6.07, 6.45) is 4.81. The number of nitrogens with one attached hydrogen (secondary N) is 1. The van der Waals surface area contributed by atoms with Crippen LogP contribution in [0.3, 0.4) is 0 Å². The Bertz CT molecular complexity index is 1890. The molecule has 3 heterocycles. The molecule has 2 aromatic heterocycles. The first kappa shape index (κ1) is 31.5. The summed E-state index contributed by atoms with van der Waals surface area (Å²) < 4.78 is 46.2. The number of piperidine rings is 1. The van der Waals surface area contributed by atoms with Gasteiger partial charge in [-0.25, -0.2) is 4.98 Å². The molecular formula is C35H35F2N7O3. The maximum Gasteiger partial charge on any atom is 0.261 e. The average Bonchev–Trinajstić information content (AvgIpc) is 3.51. The van der Waals surface area contributed by atoms with Crippen LogP contribution in [-0.4, -0.2) is 56.6 Å². The molecular weight excluding hydrogens is 604 g/mol. The second-order valence-electron chi connectivity index (χ2n) is 11.5. The van der Waals surface area contributed by atoms with Crippen molar-refractivity contribution in [2.45, 2.75) is 25.4 Å². The number of aryl methyl sites for hydroxylation is 1. The number of likely N-dealkylation sites (tertiary alicyclic amines) is 1. The molecule has 0 atom stereocenters. The van der Waals surface area contributed by atoms with E-state index in [1.54, 1.807) is 42.5 Å². The van der Waals surface area contributed by atoms with E-state index in [0.717, 1.165) is 25.2 Å². The highest BCUT2D eigenvalue weighted by atomic mass is 19.1. The lowest BCUT2D eigenvalue weighted by atomic mass is 10.0. The predicted octanol–water partition coefficient (Wildman–Crippen LogP) is 6.44. The molecule has 0 amide bonds. The number of nitrogen functional groups attached to an aromatic ring is 1. The van der Waals surface area contributed by atoms with E-state index < -0.39 is 23.4 Å². The zero-order chi connectivity index (χ0) is 33.1. The largest absolute Gasteiger partial charge is 0.504 e. The van der Waals surface area contributed by atoms with Crippen LogP contribution in [0.2, 0.25) is 0 Å². The molecule has 10 nitrogen and oxygen atoms in total. The van der Waals surface area contributed by atoms with Gasteiger partial charge in [-0.05, 0) is 48.7 Å². The van der Waals surface area contributed by atoms with Crippen LogP contribution in [0.5, 0.6) is 29.0 Å². The number of imidazole rings is 1. The molecule has 5 aromatic rings. The Morgan fingerprint density at radius 3 is 2.40 bits per heavy atom. The van der Waals surface area contributed by atoms with Gasteiger partial charge in [0, 0.05) is 63.3 Å². The lowest BCUT2D eigenvalue weighted by Crippen LogP contribution is -2.43. The number of hydrogen-bond donors (Lipinski definition) is 3. The number of nitrogens with zero attached hydrogens (tertiary/aromatic N) is 5. The van der Waals surface area contributed by atoms with Gasteiger partial charge in [0.2, 0.25) is 11.6 Å². The van der Waals surface area contributed by atoms with E-state index >= 15 is 8.78 Å². The summed E-state index contributed by atoms with van der Waals surface area (Å²) in [5, 5.41) is 18.2. The Balaban J connectivity index is 1.33. The second kappa shape index (κ2) is 13.5. The number of amidine groups is 1. The summed E-state index contributed by atoms with van der Waals surface area (Å²) in [7, 11) is 3.49. The van der Waals surface area contributed by atoms with Gasteiger partial charge in [-0.3, -0.25) is 10.3 Å². The Kier molecular flexibility index (Phi) is 9.03. The van der Waals surface area contributed by atoms with Crippen LogP contribution >= 0.6 is 0 Å². The first-order chi connectivity index (χ1) is 22.7. The number of aromatic nitrogens is 3. The van der Waals surface area contributed by atoms with Gasteiger partial charge in [0.15, 0.2) is 11.5 Å². The highest BCUT2D eigenvalue weighted by Crippen LogP contribution is 2.41. The average molecular weight is 640 g/mol. The van der Waals surface area contributed by atoms with Gasteiger partial charge in [-0.2, -0.15) is 13.8 Å². The van der Waals surface area contributed by atoms with Gasteiger partial charge in [0.25, 0.3) is 11.8 Å². The Hall–Kier alpha value is -5.49. The molecule has 0 unspecified atom stereocenters. The zero-order valence-electron chi connectivity index (χ0n) is 26.0. The number of halogens is 2. The Morgan fingerprint density at radius 2 is 1.72 bits per heavy atom. The minimum absolute atomic E-state index is 0.185. The van der Waals surface area contributed by atoms with Gasteiger partial charge in [0.05, 0.1) is 0 Å². The standard InChI is InChI=1S/C35H35F2N7O3/c1-42-18-15-40-33(42)24-9-6-10-26(19-24)46-34-29(36)31(30(37)35(41-34)47-28-20-23(32(38)39)11-12-27(28)45)43(2)25-13-16-44(17-14-25)21-22-7-4-3-5-8-22/h3-12,15,18-20,25,45H,13-14,16-17,21H2,1-2H3,(H3,38,39). The fourth-order valence-electron chi connectivity index (χ4n) is 5.74. The zero-order valence-corrected chi connectivity index (χ0v) is 26.0. The number of nitrogens with two attached hydrogens (primary N) is 1. The van der Waals surface area contributed by atoms with Gasteiger partial charge in [-0.1, -0.05) is 42.5 Å². The SMILES string of the molecule is CN(c1c(F)c(Oc2cccc(-c3nccn3C)c2)nc(Oc2cc(C(=N)N)ccc2O)c1F)C1CCN(Cc2ccccc2)CC1. The molecule has 3 aromatic carbocycles. The fourth-order valence-corrected chi connectivity index (χ4v) is 5.74. The van der Waals surface area contributed by atoms with Crippen molar-refractivity contribution < 1.29 is 23.4 Å². The highest BCUT2D eigenvalue weighted by Gasteiger charge is 2.31. The van der Waals surface area contributed by atoms with Crippen LogP contribution in [0, 0.1) is 17.0 Å². The number of aromatic hydroxyl groups is 1. The van der Waals surface area contributed by atoms with E-state index in [1.807, 2.05) is 35.9 Å². The smallest absolute Gasteiger partial charge is 0.261 e. The summed E-state index contributed by atoms with van der Waals surface area (Å²) in [6.45, 7) is 2.29. The van der Waals surface area contributed by atoms with E-state index in [-0.39, 0.29) is 40.4 Å². The third kappa shape index (κ3) is 6.87. The molecule has 1 fully saturated rings. The molecule has 4 N–H and O–H groups in total. The van der Waals surface area contributed by atoms with E-state index in [9.17, 15) is 5.11 Å². The van der Waals surface area contributed by atoms with Crippen LogP contribution in [0.1, 0.15) is 24.0 Å². The van der Waals surface area contributed by atoms with Gasteiger partial charge >= 0.3 is 0 Å². The first-order valence-electron chi connectivity index (χ1n) is 15.2. The van der Waals surface area contributed by atoms with Crippen LogP contribution in [0.25, 0.3) is 11.4 Å². The van der Waals surface area contributed by atoms with Crippen molar-refractivity contribution in [3.05, 3.63) is 108 Å². The maximum absolute atomic E-state index is 16.3. The number of phenolic OH excluding ortho intramolecular Hbond substituents is 1. The van der Waals surface area contributed by atoms with Crippen LogP contribution in [0.15, 0.2) is 85.2 Å². The summed E-state index contributed by atoms with van der Waals surface area (Å²) in [5.74, 6) is -3.08. The maximum atomic E-state index is 16.3. The number of hydrogen-bond acceptors (Lipinski definition) is 8. The summed E-state index contributed by atoms with van der Waals surface area (Å²) in [4.78, 5) is 12.3. The molecule has 0 aliphatic carbocycles. The molecule has 6 rings (SSSR count). The lowest BCUT2D eigenvalue weighted by molar-refractivity contribution is 0.202. The van der Waals surface area contributed by atoms with Crippen LogP contribution in [-0.2, 0) is 13.6 Å². The molecule has 0 bridgehead atoms. The highest BCUT2D eigenvalue weighted by molar-refractivity contribution is 5.95. The normalized spacial score (nSPS) is 13.8. The van der Waals surface area contributed by atoms with Gasteiger partial charge < -0.3 is 29.8 Å². The first-order valence-corrected chi connectivity index (χ1v) is 15.2. The van der Waals surface area contributed by atoms with E-state index in [0.29, 0.717) is 18.7 Å². The summed E-state index contributed by atoms with van der Waals surface area (Å²) in [6, 6.07) is 20.8. The molecule has 12 heteroatoms. The molecule has 0 radical (unpaired) electrons. The number of rotatable bonds is 10. The Morgan fingerprint density at radius 1 is 1.00 bits per heavy atom. The molecule has 0 spiro atoms. The van der Waals surface area contributed by atoms with E-state index in [4.69, 9.17) is 20.6 Å². The number of phenols is 1. The predicted molar refractivity (Wildman–Crippen MR) is 175 cm³/mol. The van der Waals surface area contributed by atoms with Crippen LogP contribution in [0.4, 0.5) is 14.5 Å². The quantitative estimate of drug-likeness (QED) is 0.118. The number of pyridine rings is 1. The molecule has 1 aliphatic rings. The molecule has 242 valence electrons. The van der Waals surface area contributed by atoms with Crippen molar-refractivity contribution in [2.75, 3.05) is 25.0 Å². The topological polar surface area (TPSA) is 126 Å². The minimum Gasteiger partial charge on any atom is -0.504 e. The van der Waals surface area contributed by atoms with Crippen molar-refractivity contribution >= 4 is 11.5 Å². The van der Waals surface area contributed by atoms with Crippen molar-refractivity contribution in [3.8, 4) is 40.4 Å². The summed E-state index contributed by atoms with van der Waals surface area (Å²) >= 11 is 0. The van der Waals surface area contributed by atoms with Crippen molar-refractivity contribution in [2.24, 2.45) is 12.8 Å². The van der Waals surface area contributed by atoms with Gasteiger partial charge in [0.1, 0.15) is 23.1 Å². The lowest BCUT2D eigenvalue weighted by Gasteiger charge is -2.38. The third-order valence-corrected chi connectivity index (χ3v) is 8.31. The second-order valence-corrected chi connectivity index (χ2v) is 11.5. The molecule has 0 saturated carbocycles. The monoisotopic (exact) mass is 639 g/mol.